The molecule has 7 aromatic rings. The lowest BCUT2D eigenvalue weighted by Gasteiger charge is -2.42. The molecule has 4 aliphatic rings. The third kappa shape index (κ3) is 11.9. The summed E-state index contributed by atoms with van der Waals surface area (Å²) in [7, 11) is 0.927. The standard InChI is InChI=1S/C62H48O40/c1-92-52-50(100-54(83)13-2-20(63)35(71)21(64)3-13)48-29(96-61(52)90)11-94-57(86)18-10-28(41(77)45(81)34(18)33-17(58(87)98-48)8-26(69)39(75)44(33)80)95-47-19(9-27(70)40(76)46(47)82)60(89)102-53-51(101-55(84)14-4-22(65)36(72)23(66)5-14)49-30(97-62(53)91)12-93-56(85)15-6-24(67)37(73)42(78)31(15)32-16(59(88)99-49)7-25(68)38(74)43(32)79/h2-10,29-30,48-53,61-82,90-91H,11-12H2,1H3/t29?,30?,48-,49-,50+,51+,52?,53?,61-,62-/m1/s1. The molecule has 0 spiro atoms. The summed E-state index contributed by atoms with van der Waals surface area (Å²) in [5.74, 6) is -43.6. The molecule has 4 unspecified atom stereocenters. The molecule has 4 heterocycles. The van der Waals surface area contributed by atoms with Gasteiger partial charge in [0.15, 0.2) is 135 Å². The van der Waals surface area contributed by atoms with Crippen LogP contribution in [0.4, 0.5) is 0 Å². The summed E-state index contributed by atoms with van der Waals surface area (Å²) < 4.78 is 60.8. The fourth-order valence-electron chi connectivity index (χ4n) is 11.1. The Kier molecular flexibility index (Phi) is 17.8. The van der Waals surface area contributed by atoms with E-state index >= 15 is 0 Å². The minimum absolute atomic E-state index is 0.201. The highest BCUT2D eigenvalue weighted by Gasteiger charge is 2.55. The molecule has 2 saturated heterocycles. The van der Waals surface area contributed by atoms with Crippen LogP contribution >= 0.6 is 0 Å². The molecular weight excluding hydrogens is 1380 g/mol. The Morgan fingerprint density at radius 1 is 0.363 bits per heavy atom. The molecule has 0 aliphatic carbocycles. The number of hydrogen-bond donors (Lipinski definition) is 22. The minimum atomic E-state index is -2.83. The Balaban J connectivity index is 0.998. The number of aliphatic hydroxyl groups is 2. The first-order valence-electron chi connectivity index (χ1n) is 28.5. The predicted octanol–water partition coefficient (Wildman–Crippen LogP) is 1.44. The molecule has 40 heteroatoms. The number of hydrogen-bond acceptors (Lipinski definition) is 40. The number of esters is 7. The molecule has 0 amide bonds. The molecule has 7 aromatic carbocycles. The highest BCUT2D eigenvalue weighted by atomic mass is 16.7. The summed E-state index contributed by atoms with van der Waals surface area (Å²) >= 11 is 0. The maximum absolute atomic E-state index is 14.9. The van der Waals surface area contributed by atoms with Gasteiger partial charge in [0.25, 0.3) is 0 Å². The Hall–Kier alpha value is -13.6. The quantitative estimate of drug-likeness (QED) is 0.0552. The van der Waals surface area contributed by atoms with Gasteiger partial charge in [0.05, 0.1) is 33.4 Å². The Bertz CT molecular complexity index is 4700. The van der Waals surface area contributed by atoms with Crippen molar-refractivity contribution in [1.82, 2.24) is 0 Å². The van der Waals surface area contributed by atoms with Gasteiger partial charge in [0.2, 0.25) is 34.5 Å². The van der Waals surface area contributed by atoms with Crippen molar-refractivity contribution in [3.8, 4) is 149 Å². The number of benzene rings is 7. The van der Waals surface area contributed by atoms with E-state index in [-0.39, 0.29) is 6.07 Å². The number of cyclic esters (lactones) is 2. The van der Waals surface area contributed by atoms with Crippen LogP contribution in [-0.2, 0) is 47.4 Å². The Morgan fingerprint density at radius 3 is 1.09 bits per heavy atom. The lowest BCUT2D eigenvalue weighted by atomic mass is 9.91. The van der Waals surface area contributed by atoms with Crippen molar-refractivity contribution in [2.45, 2.75) is 61.4 Å². The van der Waals surface area contributed by atoms with Gasteiger partial charge in [-0.05, 0) is 42.5 Å². The summed E-state index contributed by atoms with van der Waals surface area (Å²) in [6, 6.07) is 3.78. The minimum Gasteiger partial charge on any atom is -0.504 e. The third-order valence-electron chi connectivity index (χ3n) is 16.1. The molecular formula is C62H48O40. The monoisotopic (exact) mass is 1430 g/mol. The molecule has 40 nitrogen and oxygen atoms in total. The van der Waals surface area contributed by atoms with Crippen LogP contribution in [0.3, 0.4) is 0 Å². The van der Waals surface area contributed by atoms with Crippen LogP contribution in [0, 0.1) is 0 Å². The summed E-state index contributed by atoms with van der Waals surface area (Å²) in [5, 5.41) is 239. The number of fused-ring (bicyclic) bond motifs is 8. The van der Waals surface area contributed by atoms with Crippen molar-refractivity contribution in [2.75, 3.05) is 20.3 Å². The van der Waals surface area contributed by atoms with Crippen molar-refractivity contribution in [1.29, 1.82) is 0 Å². The van der Waals surface area contributed by atoms with E-state index in [1.807, 2.05) is 0 Å². The summed E-state index contributed by atoms with van der Waals surface area (Å²) in [4.78, 5) is 100. The predicted molar refractivity (Wildman–Crippen MR) is 316 cm³/mol. The van der Waals surface area contributed by atoms with Crippen LogP contribution in [0.2, 0.25) is 0 Å². The number of carbonyl (C=O) groups is 7. The van der Waals surface area contributed by atoms with Crippen LogP contribution in [0.1, 0.15) is 72.5 Å². The van der Waals surface area contributed by atoms with Gasteiger partial charge >= 0.3 is 41.8 Å². The first-order valence-corrected chi connectivity index (χ1v) is 28.5. The molecule has 22 N–H and O–H groups in total. The average molecular weight is 1430 g/mol. The maximum atomic E-state index is 14.9. The van der Waals surface area contributed by atoms with Gasteiger partial charge in [-0.25, -0.2) is 33.6 Å². The maximum Gasteiger partial charge on any atom is 0.342 e. The average Bonchev–Trinajstić information content (AvgIpc) is 1.10. The normalized spacial score (nSPS) is 21.7. The van der Waals surface area contributed by atoms with Crippen molar-refractivity contribution in [2.24, 2.45) is 0 Å². The molecule has 11 rings (SSSR count). The van der Waals surface area contributed by atoms with Crippen molar-refractivity contribution < 1.29 is 198 Å². The molecule has 0 aromatic heterocycles. The van der Waals surface area contributed by atoms with E-state index in [9.17, 15) is 146 Å². The SMILES string of the molecule is COC1[C@H](O)OC2COC(=O)c3cc(Oc4c(C(=O)OC5[C@H](O)OC6COC(=O)c7cc(O)c(O)c(O)c7-c7c(cc(O)c(O)c7O)C(=O)O[C@H]6[C@@H]5OC(=O)c5cc(O)c(O)c(O)c5)cc(O)c(O)c4O)c(O)c(O)c3-c3c(cc(O)c(O)c3O)C(=O)O[C@H]2[C@@H]1OC(=O)c1cc(O)c(O)c(O)c1. The van der Waals surface area contributed by atoms with Gasteiger partial charge < -0.3 is 164 Å². The molecule has 536 valence electrons. The third-order valence-corrected chi connectivity index (χ3v) is 16.1. The van der Waals surface area contributed by atoms with Gasteiger partial charge in [0, 0.05) is 41.5 Å². The van der Waals surface area contributed by atoms with E-state index in [2.05, 4.69) is 0 Å². The van der Waals surface area contributed by atoms with E-state index in [0.717, 1.165) is 7.11 Å². The van der Waals surface area contributed by atoms with E-state index in [1.165, 1.54) is 0 Å². The number of carbonyl (C=O) groups excluding carboxylic acids is 7. The molecule has 2 fully saturated rings. The molecule has 102 heavy (non-hydrogen) atoms. The first-order chi connectivity index (χ1) is 48.0. The first kappa shape index (κ1) is 69.8. The van der Waals surface area contributed by atoms with E-state index in [0.29, 0.717) is 48.5 Å². The second kappa shape index (κ2) is 26.0. The molecule has 10 atom stereocenters. The number of ether oxygens (including phenoxy) is 11. The zero-order chi connectivity index (χ0) is 74.4. The van der Waals surface area contributed by atoms with Crippen LogP contribution < -0.4 is 4.74 Å². The van der Waals surface area contributed by atoms with Gasteiger partial charge in [-0.15, -0.1) is 0 Å². The fraction of sp³-hybridized carbons (Fsp3) is 0.210. The number of phenols is 20. The van der Waals surface area contributed by atoms with Crippen LogP contribution in [-0.4, -0.2) is 236 Å². The number of methoxy groups -OCH3 is 1. The van der Waals surface area contributed by atoms with Crippen LogP contribution in [0.25, 0.3) is 22.3 Å². The van der Waals surface area contributed by atoms with Gasteiger partial charge in [-0.1, -0.05) is 0 Å². The second-order valence-electron chi connectivity index (χ2n) is 22.2. The highest BCUT2D eigenvalue weighted by Crippen LogP contribution is 2.57. The van der Waals surface area contributed by atoms with E-state index < -0.39 is 304 Å². The Morgan fingerprint density at radius 2 is 0.686 bits per heavy atom. The number of phenolic OH excluding ortho intramolecular Hbond substituents is 20. The molecule has 0 saturated carbocycles. The topological polar surface area (TPSA) is 666 Å². The zero-order valence-corrected chi connectivity index (χ0v) is 50.6. The number of aliphatic hydroxyl groups excluding tert-OH is 2. The molecule has 0 radical (unpaired) electrons. The summed E-state index contributed by atoms with van der Waals surface area (Å²) in [6.45, 7) is -2.59. The van der Waals surface area contributed by atoms with Gasteiger partial charge in [-0.3, -0.25) is 0 Å². The van der Waals surface area contributed by atoms with Crippen LogP contribution in [0.5, 0.6) is 126 Å². The largest absolute Gasteiger partial charge is 0.504 e. The molecule has 4 aliphatic heterocycles. The van der Waals surface area contributed by atoms with Gasteiger partial charge in [0.1, 0.15) is 37.1 Å². The number of aromatic hydroxyl groups is 20. The highest BCUT2D eigenvalue weighted by molar-refractivity contribution is 6.10. The number of rotatable bonds is 9. The van der Waals surface area contributed by atoms with Crippen LogP contribution in [0.15, 0.2) is 54.6 Å². The second-order valence-corrected chi connectivity index (χ2v) is 22.2. The summed E-state index contributed by atoms with van der Waals surface area (Å²) in [5.41, 5.74) is -12.5. The molecule has 0 bridgehead atoms. The lowest BCUT2D eigenvalue weighted by Crippen LogP contribution is -2.62. The van der Waals surface area contributed by atoms with E-state index in [4.69, 9.17) is 52.1 Å². The smallest absolute Gasteiger partial charge is 0.342 e. The van der Waals surface area contributed by atoms with Crippen molar-refractivity contribution in [3.05, 3.63) is 93.5 Å². The van der Waals surface area contributed by atoms with Gasteiger partial charge in [-0.2, -0.15) is 0 Å². The van der Waals surface area contributed by atoms with Crippen molar-refractivity contribution in [3.63, 3.8) is 0 Å². The van der Waals surface area contributed by atoms with Crippen molar-refractivity contribution >= 4 is 41.8 Å². The Labute approximate surface area is 562 Å². The van der Waals surface area contributed by atoms with E-state index in [1.54, 1.807) is 0 Å². The summed E-state index contributed by atoms with van der Waals surface area (Å²) in [6.07, 6.45) is -23.6. The lowest BCUT2D eigenvalue weighted by molar-refractivity contribution is -0.290. The zero-order valence-electron chi connectivity index (χ0n) is 50.6. The fourth-order valence-corrected chi connectivity index (χ4v) is 11.1.